The average Bonchev–Trinajstić information content (AvgIpc) is 1.61. The molecule has 1 unspecified atom stereocenters. The number of hydrogen-bond acceptors (Lipinski definition) is 2. The highest BCUT2D eigenvalue weighted by Gasteiger charge is 2.15. The molecule has 1 N–H and O–H groups in total. The Kier molecular flexibility index (Phi) is 0.542. The zero-order chi connectivity index (χ0) is 4.57. The third kappa shape index (κ3) is 0.270. The second kappa shape index (κ2) is 0.914. The summed E-state index contributed by atoms with van der Waals surface area (Å²) in [6.45, 7) is 0. The van der Waals surface area contributed by atoms with Gasteiger partial charge in [0.2, 0.25) is 0 Å². The number of rotatable bonds is 0. The molecule has 0 saturated heterocycles. The number of hydrogen-bond donors (Lipinski definition) is 1. The van der Waals surface area contributed by atoms with Crippen LogP contribution in [0.25, 0.3) is 0 Å². The maximum absolute atomic E-state index is 9.89. The van der Waals surface area contributed by atoms with E-state index < -0.39 is 6.10 Å². The molecule has 0 saturated carbocycles. The second-order valence-electron chi connectivity index (χ2n) is 1.21. The maximum atomic E-state index is 9.89. The van der Waals surface area contributed by atoms with Crippen molar-refractivity contribution in [2.24, 2.45) is 0 Å². The number of aliphatic hydroxyl groups is 1. The molecule has 0 aromatic carbocycles. The van der Waals surface area contributed by atoms with E-state index in [9.17, 15) is 4.79 Å². The minimum atomic E-state index is -0.787. The molecular weight excluding hydrogens is 80.0 g/mol. The van der Waals surface area contributed by atoms with Crippen molar-refractivity contribution in [2.45, 2.75) is 6.10 Å². The van der Waals surface area contributed by atoms with Crippen LogP contribution in [0.2, 0.25) is 0 Å². The molecule has 32 valence electrons. The summed E-state index contributed by atoms with van der Waals surface area (Å²) in [5.41, 5.74) is 0. The fraction of sp³-hybridized carbons (Fsp3) is 0.250. The first kappa shape index (κ1) is 3.56. The number of aliphatic hydroxyl groups excluding tert-OH is 1. The summed E-state index contributed by atoms with van der Waals surface area (Å²) in [5, 5.41) is 8.28. The monoisotopic (exact) mass is 84.0 g/mol. The Balaban J connectivity index is 2.67. The average molecular weight is 84.1 g/mol. The molecule has 0 aromatic rings. The van der Waals surface area contributed by atoms with E-state index in [2.05, 4.69) is 0 Å². The van der Waals surface area contributed by atoms with Crippen LogP contribution in [0, 0.1) is 0 Å². The van der Waals surface area contributed by atoms with E-state index in [1.807, 2.05) is 0 Å². The first-order chi connectivity index (χ1) is 2.80. The van der Waals surface area contributed by atoms with Crippen molar-refractivity contribution in [2.75, 3.05) is 0 Å². The van der Waals surface area contributed by atoms with Gasteiger partial charge in [-0.05, 0) is 12.2 Å². The summed E-state index contributed by atoms with van der Waals surface area (Å²) in [5.74, 6) is -0.185. The van der Waals surface area contributed by atoms with Crippen LogP contribution < -0.4 is 0 Å². The van der Waals surface area contributed by atoms with Crippen LogP contribution in [0.15, 0.2) is 12.2 Å². The molecule has 1 rings (SSSR count). The van der Waals surface area contributed by atoms with E-state index >= 15 is 0 Å². The molecule has 1 atom stereocenters. The van der Waals surface area contributed by atoms with Crippen molar-refractivity contribution < 1.29 is 9.90 Å². The Morgan fingerprint density at radius 2 is 2.33 bits per heavy atom. The minimum absolute atomic E-state index is 0.185. The molecule has 0 bridgehead atoms. The summed E-state index contributed by atoms with van der Waals surface area (Å²) in [4.78, 5) is 9.89. The summed E-state index contributed by atoms with van der Waals surface area (Å²) in [7, 11) is 0. The van der Waals surface area contributed by atoms with Gasteiger partial charge in [-0.2, -0.15) is 0 Å². The quantitative estimate of drug-likeness (QED) is 0.429. The van der Waals surface area contributed by atoms with Gasteiger partial charge in [-0.1, -0.05) is 0 Å². The van der Waals surface area contributed by atoms with Gasteiger partial charge in [0.1, 0.15) is 6.10 Å². The van der Waals surface area contributed by atoms with E-state index in [1.54, 1.807) is 0 Å². The normalized spacial score (nSPS) is 30.2. The molecule has 1 aliphatic carbocycles. The molecule has 0 aromatic heterocycles. The van der Waals surface area contributed by atoms with Crippen LogP contribution in [0.3, 0.4) is 0 Å². The summed E-state index contributed by atoms with van der Waals surface area (Å²) in [6.07, 6.45) is 2.01. The number of ketones is 1. The summed E-state index contributed by atoms with van der Waals surface area (Å²) in [6, 6.07) is 0. The van der Waals surface area contributed by atoms with Gasteiger partial charge in [-0.25, -0.2) is 0 Å². The molecule has 0 fully saturated rings. The molecule has 0 aliphatic heterocycles. The van der Waals surface area contributed by atoms with Crippen LogP contribution >= 0.6 is 0 Å². The zero-order valence-corrected chi connectivity index (χ0v) is 3.09. The lowest BCUT2D eigenvalue weighted by molar-refractivity contribution is -0.122. The zero-order valence-electron chi connectivity index (χ0n) is 3.09. The van der Waals surface area contributed by atoms with Gasteiger partial charge in [-0.3, -0.25) is 4.79 Å². The first-order valence-electron chi connectivity index (χ1n) is 1.71. The predicted octanol–water partition coefficient (Wildman–Crippen LogP) is -0.514. The second-order valence-corrected chi connectivity index (χ2v) is 1.21. The fourth-order valence-corrected chi connectivity index (χ4v) is 0.261. The van der Waals surface area contributed by atoms with E-state index in [0.717, 1.165) is 0 Å². The lowest BCUT2D eigenvalue weighted by Gasteiger charge is -2.05. The molecule has 6 heavy (non-hydrogen) atoms. The highest BCUT2D eigenvalue weighted by atomic mass is 16.3. The van der Waals surface area contributed by atoms with E-state index in [4.69, 9.17) is 5.11 Å². The molecule has 0 spiro atoms. The standard InChI is InChI=1S/C4H4O2/c5-3-1-2-4(3)6/h1-3,5H. The largest absolute Gasteiger partial charge is 0.381 e. The third-order valence-corrected chi connectivity index (χ3v) is 0.734. The highest BCUT2D eigenvalue weighted by Crippen LogP contribution is 1.99. The van der Waals surface area contributed by atoms with Gasteiger partial charge in [0.05, 0.1) is 0 Å². The maximum Gasteiger partial charge on any atom is 0.187 e. The first-order valence-corrected chi connectivity index (χ1v) is 1.71. The van der Waals surface area contributed by atoms with Gasteiger partial charge in [0.15, 0.2) is 5.78 Å². The van der Waals surface area contributed by atoms with Gasteiger partial charge in [-0.15, -0.1) is 0 Å². The van der Waals surface area contributed by atoms with Gasteiger partial charge in [0.25, 0.3) is 0 Å². The molecule has 2 heteroatoms. The van der Waals surface area contributed by atoms with Crippen LogP contribution in [0.5, 0.6) is 0 Å². The van der Waals surface area contributed by atoms with Crippen LogP contribution in [0.4, 0.5) is 0 Å². The Morgan fingerprint density at radius 1 is 1.83 bits per heavy atom. The summed E-state index contributed by atoms with van der Waals surface area (Å²) >= 11 is 0. The predicted molar refractivity (Wildman–Crippen MR) is 20.2 cm³/mol. The van der Waals surface area contributed by atoms with Crippen LogP contribution in [-0.4, -0.2) is 17.0 Å². The number of carbonyl (C=O) groups is 1. The van der Waals surface area contributed by atoms with Gasteiger partial charge >= 0.3 is 0 Å². The number of carbonyl (C=O) groups excluding carboxylic acids is 1. The Bertz CT molecular complexity index is 104. The lowest BCUT2D eigenvalue weighted by Crippen LogP contribution is -2.22. The van der Waals surface area contributed by atoms with E-state index in [0.29, 0.717) is 0 Å². The highest BCUT2D eigenvalue weighted by molar-refractivity contribution is 6.01. The summed E-state index contributed by atoms with van der Waals surface area (Å²) < 4.78 is 0. The Labute approximate surface area is 35.1 Å². The Hall–Kier alpha value is -0.630. The van der Waals surface area contributed by atoms with Crippen molar-refractivity contribution in [3.05, 3.63) is 12.2 Å². The van der Waals surface area contributed by atoms with Crippen molar-refractivity contribution in [3.8, 4) is 0 Å². The van der Waals surface area contributed by atoms with Crippen molar-refractivity contribution >= 4 is 5.78 Å². The third-order valence-electron chi connectivity index (χ3n) is 0.734. The lowest BCUT2D eigenvalue weighted by atomic mass is 10.1. The molecule has 0 radical (unpaired) electrons. The van der Waals surface area contributed by atoms with Gasteiger partial charge < -0.3 is 5.11 Å². The van der Waals surface area contributed by atoms with Crippen molar-refractivity contribution in [1.29, 1.82) is 0 Å². The molecular formula is C4H4O2. The van der Waals surface area contributed by atoms with Crippen LogP contribution in [-0.2, 0) is 4.79 Å². The topological polar surface area (TPSA) is 37.3 Å². The van der Waals surface area contributed by atoms with Crippen molar-refractivity contribution in [1.82, 2.24) is 0 Å². The Morgan fingerprint density at radius 3 is 2.33 bits per heavy atom. The van der Waals surface area contributed by atoms with E-state index in [-0.39, 0.29) is 5.78 Å². The van der Waals surface area contributed by atoms with Crippen molar-refractivity contribution in [3.63, 3.8) is 0 Å². The molecule has 2 nitrogen and oxygen atoms in total. The van der Waals surface area contributed by atoms with Crippen LogP contribution in [0.1, 0.15) is 0 Å². The fourth-order valence-electron chi connectivity index (χ4n) is 0.261. The SMILES string of the molecule is O=C1C=CC1O. The smallest absolute Gasteiger partial charge is 0.187 e. The molecule has 0 amide bonds. The molecule has 1 aliphatic rings. The van der Waals surface area contributed by atoms with E-state index in [1.165, 1.54) is 12.2 Å². The molecule has 0 heterocycles. The minimum Gasteiger partial charge on any atom is -0.381 e. The van der Waals surface area contributed by atoms with Gasteiger partial charge in [0, 0.05) is 0 Å².